The van der Waals surface area contributed by atoms with E-state index in [2.05, 4.69) is 30.3 Å². The lowest BCUT2D eigenvalue weighted by Gasteiger charge is -2.25. The Balaban J connectivity index is 2.19. The molecule has 0 aromatic rings. The van der Waals surface area contributed by atoms with Gasteiger partial charge in [0.2, 0.25) is 0 Å². The molecule has 3 nitrogen and oxygen atoms in total. The molecular weight excluding hydrogens is 198 g/mol. The second-order valence-electron chi connectivity index (χ2n) is 5.11. The first-order valence-electron chi connectivity index (χ1n) is 6.44. The summed E-state index contributed by atoms with van der Waals surface area (Å²) in [6.07, 6.45) is 5.76. The first-order chi connectivity index (χ1) is 7.65. The highest BCUT2D eigenvalue weighted by Crippen LogP contribution is 2.29. The molecule has 0 bridgehead atoms. The Labute approximate surface area is 99.8 Å². The van der Waals surface area contributed by atoms with Gasteiger partial charge in [0.15, 0.2) is 0 Å². The van der Waals surface area contributed by atoms with Crippen LogP contribution in [0.3, 0.4) is 0 Å². The predicted molar refractivity (Wildman–Crippen MR) is 67.1 cm³/mol. The first kappa shape index (κ1) is 13.5. The van der Waals surface area contributed by atoms with Crippen molar-refractivity contribution >= 4 is 0 Å². The summed E-state index contributed by atoms with van der Waals surface area (Å²) in [5.41, 5.74) is -0.305. The highest BCUT2D eigenvalue weighted by atomic mass is 15.1. The van der Waals surface area contributed by atoms with Crippen LogP contribution in [-0.2, 0) is 0 Å². The lowest BCUT2D eigenvalue weighted by Crippen LogP contribution is -2.41. The summed E-state index contributed by atoms with van der Waals surface area (Å²) in [7, 11) is 4.08. The molecule has 1 rings (SSSR count). The van der Waals surface area contributed by atoms with E-state index in [0.717, 1.165) is 31.7 Å². The first-order valence-corrected chi connectivity index (χ1v) is 6.44. The molecule has 16 heavy (non-hydrogen) atoms. The van der Waals surface area contributed by atoms with Gasteiger partial charge in [-0.05, 0) is 58.7 Å². The van der Waals surface area contributed by atoms with Gasteiger partial charge in [-0.3, -0.25) is 0 Å². The number of hydrogen-bond acceptors (Lipinski definition) is 3. The Morgan fingerprint density at radius 1 is 1.50 bits per heavy atom. The fourth-order valence-corrected chi connectivity index (χ4v) is 2.15. The topological polar surface area (TPSA) is 39.1 Å². The van der Waals surface area contributed by atoms with Crippen LogP contribution < -0.4 is 5.32 Å². The van der Waals surface area contributed by atoms with Gasteiger partial charge in [0.1, 0.15) is 5.54 Å². The van der Waals surface area contributed by atoms with Gasteiger partial charge in [0, 0.05) is 6.54 Å². The van der Waals surface area contributed by atoms with E-state index in [1.165, 1.54) is 19.4 Å². The molecule has 0 spiro atoms. The van der Waals surface area contributed by atoms with E-state index in [4.69, 9.17) is 0 Å². The maximum Gasteiger partial charge on any atom is 0.106 e. The van der Waals surface area contributed by atoms with Crippen molar-refractivity contribution in [2.45, 2.75) is 44.6 Å². The van der Waals surface area contributed by atoms with Gasteiger partial charge in [0.25, 0.3) is 0 Å². The molecule has 92 valence electrons. The molecule has 1 aliphatic rings. The minimum absolute atomic E-state index is 0.305. The molecule has 1 atom stereocenters. The van der Waals surface area contributed by atoms with E-state index in [0.29, 0.717) is 0 Å². The summed E-state index contributed by atoms with van der Waals surface area (Å²) in [5, 5.41) is 12.3. The highest BCUT2D eigenvalue weighted by molar-refractivity contribution is 5.05. The van der Waals surface area contributed by atoms with Crippen LogP contribution in [0.2, 0.25) is 0 Å². The van der Waals surface area contributed by atoms with Crippen LogP contribution in [-0.4, -0.2) is 37.6 Å². The number of nitriles is 1. The number of hydrogen-bond donors (Lipinski definition) is 1. The molecule has 1 N–H and O–H groups in total. The molecule has 0 saturated heterocycles. The van der Waals surface area contributed by atoms with Gasteiger partial charge in [-0.2, -0.15) is 5.26 Å². The molecule has 0 aromatic heterocycles. The van der Waals surface area contributed by atoms with Crippen LogP contribution in [0.5, 0.6) is 0 Å². The third-order valence-corrected chi connectivity index (χ3v) is 3.71. The summed E-state index contributed by atoms with van der Waals surface area (Å²) in [6, 6.07) is 2.41. The highest BCUT2D eigenvalue weighted by Gasteiger charge is 2.26. The molecule has 1 fully saturated rings. The molecule has 1 unspecified atom stereocenters. The Kier molecular flexibility index (Phi) is 5.24. The van der Waals surface area contributed by atoms with Gasteiger partial charge >= 0.3 is 0 Å². The third-order valence-electron chi connectivity index (χ3n) is 3.71. The minimum atomic E-state index is -0.305. The SMILES string of the molecule is CCC(C#N)(CCCN(C)CC1CC1)NC. The van der Waals surface area contributed by atoms with E-state index < -0.39 is 0 Å². The zero-order valence-corrected chi connectivity index (χ0v) is 10.9. The average molecular weight is 223 g/mol. The standard InChI is InChI=1S/C13H25N3/c1-4-13(11-14,15-2)8-5-9-16(3)10-12-6-7-12/h12,15H,4-10H2,1-3H3. The molecule has 0 heterocycles. The fourth-order valence-electron chi connectivity index (χ4n) is 2.15. The van der Waals surface area contributed by atoms with E-state index in [1.54, 1.807) is 0 Å². The zero-order valence-electron chi connectivity index (χ0n) is 10.9. The second-order valence-corrected chi connectivity index (χ2v) is 5.11. The lowest BCUT2D eigenvalue weighted by atomic mass is 9.92. The van der Waals surface area contributed by atoms with Crippen molar-refractivity contribution in [3.05, 3.63) is 0 Å². The zero-order chi connectivity index (χ0) is 12.0. The summed E-state index contributed by atoms with van der Waals surface area (Å²) < 4.78 is 0. The quantitative estimate of drug-likeness (QED) is 0.684. The van der Waals surface area contributed by atoms with E-state index in [-0.39, 0.29) is 5.54 Å². The van der Waals surface area contributed by atoms with Crippen LogP contribution in [0.25, 0.3) is 0 Å². The third kappa shape index (κ3) is 4.11. The summed E-state index contributed by atoms with van der Waals surface area (Å²) >= 11 is 0. The molecule has 0 radical (unpaired) electrons. The van der Waals surface area contributed by atoms with Gasteiger partial charge in [-0.15, -0.1) is 0 Å². The molecule has 3 heteroatoms. The van der Waals surface area contributed by atoms with Crippen LogP contribution in [0.15, 0.2) is 0 Å². The molecule has 0 aliphatic heterocycles. The van der Waals surface area contributed by atoms with Crippen molar-refractivity contribution in [1.82, 2.24) is 10.2 Å². The van der Waals surface area contributed by atoms with E-state index >= 15 is 0 Å². The van der Waals surface area contributed by atoms with Crippen molar-refractivity contribution in [3.63, 3.8) is 0 Å². The second kappa shape index (κ2) is 6.22. The average Bonchev–Trinajstić information content (AvgIpc) is 3.09. The van der Waals surface area contributed by atoms with Gasteiger partial charge in [-0.25, -0.2) is 0 Å². The predicted octanol–water partition coefficient (Wildman–Crippen LogP) is 2.00. The van der Waals surface area contributed by atoms with Crippen molar-refractivity contribution in [2.75, 3.05) is 27.2 Å². The monoisotopic (exact) mass is 223 g/mol. The van der Waals surface area contributed by atoms with Gasteiger partial charge < -0.3 is 10.2 Å². The summed E-state index contributed by atoms with van der Waals surface area (Å²) in [4.78, 5) is 2.41. The smallest absolute Gasteiger partial charge is 0.106 e. The normalized spacial score (nSPS) is 19.4. The van der Waals surface area contributed by atoms with Crippen LogP contribution in [0.4, 0.5) is 0 Å². The maximum absolute atomic E-state index is 9.17. The molecule has 0 amide bonds. The van der Waals surface area contributed by atoms with E-state index in [9.17, 15) is 5.26 Å². The largest absolute Gasteiger partial charge is 0.306 e. The number of nitrogens with zero attached hydrogens (tertiary/aromatic N) is 2. The Hall–Kier alpha value is -0.590. The summed E-state index contributed by atoms with van der Waals surface area (Å²) in [6.45, 7) is 4.43. The Morgan fingerprint density at radius 2 is 2.19 bits per heavy atom. The molecular formula is C13H25N3. The molecule has 0 aromatic carbocycles. The van der Waals surface area contributed by atoms with Gasteiger partial charge in [-0.1, -0.05) is 6.92 Å². The number of nitrogens with one attached hydrogen (secondary N) is 1. The summed E-state index contributed by atoms with van der Waals surface area (Å²) in [5.74, 6) is 0.959. The van der Waals surface area contributed by atoms with Crippen molar-refractivity contribution < 1.29 is 0 Å². The fraction of sp³-hybridized carbons (Fsp3) is 0.923. The van der Waals surface area contributed by atoms with E-state index in [1.807, 2.05) is 7.05 Å². The molecule has 1 aliphatic carbocycles. The Bertz CT molecular complexity index is 236. The van der Waals surface area contributed by atoms with Crippen LogP contribution in [0, 0.1) is 17.2 Å². The van der Waals surface area contributed by atoms with Crippen LogP contribution in [0.1, 0.15) is 39.0 Å². The van der Waals surface area contributed by atoms with Crippen molar-refractivity contribution in [3.8, 4) is 6.07 Å². The van der Waals surface area contributed by atoms with Gasteiger partial charge in [0.05, 0.1) is 6.07 Å². The number of rotatable bonds is 8. The minimum Gasteiger partial charge on any atom is -0.306 e. The van der Waals surface area contributed by atoms with Crippen molar-refractivity contribution in [2.24, 2.45) is 5.92 Å². The lowest BCUT2D eigenvalue weighted by molar-refractivity contribution is 0.291. The van der Waals surface area contributed by atoms with Crippen molar-refractivity contribution in [1.29, 1.82) is 5.26 Å². The molecule has 1 saturated carbocycles. The van der Waals surface area contributed by atoms with Crippen LogP contribution >= 0.6 is 0 Å². The Morgan fingerprint density at radius 3 is 2.62 bits per heavy atom. The maximum atomic E-state index is 9.17.